The van der Waals surface area contributed by atoms with Gasteiger partial charge in [0.15, 0.2) is 0 Å². The fourth-order valence-electron chi connectivity index (χ4n) is 0.227. The summed E-state index contributed by atoms with van der Waals surface area (Å²) in [6, 6.07) is 0.250. The molecule has 48 valence electrons. The summed E-state index contributed by atoms with van der Waals surface area (Å²) in [6.45, 7) is 4.32. The molecule has 0 aromatic heterocycles. The maximum atomic E-state index is 9.54. The van der Waals surface area contributed by atoms with Crippen molar-refractivity contribution in [3.05, 3.63) is 0 Å². The van der Waals surface area contributed by atoms with Crippen molar-refractivity contribution in [1.29, 1.82) is 0 Å². The Morgan fingerprint density at radius 2 is 2.50 bits per heavy atom. The van der Waals surface area contributed by atoms with Crippen molar-refractivity contribution in [1.82, 2.24) is 5.48 Å². The zero-order chi connectivity index (χ0) is 6.41. The van der Waals surface area contributed by atoms with Gasteiger partial charge in [-0.3, -0.25) is 4.79 Å². The van der Waals surface area contributed by atoms with E-state index >= 15 is 0 Å². The molecule has 3 nitrogen and oxygen atoms in total. The molecule has 0 aliphatic rings. The first kappa shape index (κ1) is 7.43. The number of hydrogen-bond donors (Lipinski definition) is 1. The molecule has 0 aliphatic heterocycles. The van der Waals surface area contributed by atoms with Gasteiger partial charge in [-0.25, -0.2) is 0 Å². The predicted octanol–water partition coefficient (Wildman–Crippen LogP) is 0.462. The quantitative estimate of drug-likeness (QED) is 0.429. The third-order valence-corrected chi connectivity index (χ3v) is 0.930. The van der Waals surface area contributed by atoms with Crippen LogP contribution in [0, 0.1) is 0 Å². The summed E-state index contributed by atoms with van der Waals surface area (Å²) >= 11 is 0. The molecule has 3 heteroatoms. The molecule has 0 rings (SSSR count). The van der Waals surface area contributed by atoms with Crippen LogP contribution in [0.4, 0.5) is 0 Å². The number of hydroxylamine groups is 1. The summed E-state index contributed by atoms with van der Waals surface area (Å²) in [5, 5.41) is 0. The third kappa shape index (κ3) is 3.61. The fraction of sp³-hybridized carbons (Fsp3) is 0.800. The zero-order valence-electron chi connectivity index (χ0n) is 5.18. The lowest BCUT2D eigenvalue weighted by atomic mass is 10.3. The highest BCUT2D eigenvalue weighted by molar-refractivity contribution is 5.36. The van der Waals surface area contributed by atoms with E-state index in [9.17, 15) is 4.79 Å². The maximum Gasteiger partial charge on any atom is 0.312 e. The van der Waals surface area contributed by atoms with Crippen LogP contribution in [0.25, 0.3) is 0 Å². The molecule has 0 heterocycles. The van der Waals surface area contributed by atoms with Crippen LogP contribution in [0.2, 0.25) is 0 Å². The van der Waals surface area contributed by atoms with Crippen molar-refractivity contribution < 1.29 is 9.63 Å². The molecule has 0 saturated carbocycles. The second kappa shape index (κ2) is 4.59. The van der Waals surface area contributed by atoms with Gasteiger partial charge in [-0.1, -0.05) is 6.92 Å². The van der Waals surface area contributed by atoms with Gasteiger partial charge in [0.2, 0.25) is 0 Å². The first-order chi connectivity index (χ1) is 3.81. The molecule has 0 fully saturated rings. The minimum absolute atomic E-state index is 0.250. The van der Waals surface area contributed by atoms with Crippen molar-refractivity contribution in [2.24, 2.45) is 0 Å². The number of nitrogens with one attached hydrogen (secondary N) is 1. The van der Waals surface area contributed by atoms with E-state index in [0.717, 1.165) is 6.42 Å². The third-order valence-electron chi connectivity index (χ3n) is 0.930. The highest BCUT2D eigenvalue weighted by Gasteiger charge is 1.93. The summed E-state index contributed by atoms with van der Waals surface area (Å²) in [5.41, 5.74) is 2.51. The predicted molar refractivity (Wildman–Crippen MR) is 30.0 cm³/mol. The smallest absolute Gasteiger partial charge is 0.312 e. The van der Waals surface area contributed by atoms with Gasteiger partial charge in [-0.2, -0.15) is 5.48 Å². The van der Waals surface area contributed by atoms with Crippen molar-refractivity contribution in [2.75, 3.05) is 0 Å². The molecule has 8 heavy (non-hydrogen) atoms. The lowest BCUT2D eigenvalue weighted by Crippen LogP contribution is -2.24. The van der Waals surface area contributed by atoms with Gasteiger partial charge in [0.25, 0.3) is 0 Å². The van der Waals surface area contributed by atoms with Crippen LogP contribution < -0.4 is 5.48 Å². The van der Waals surface area contributed by atoms with Gasteiger partial charge >= 0.3 is 6.47 Å². The normalized spacial score (nSPS) is 12.8. The molecule has 1 N–H and O–H groups in total. The van der Waals surface area contributed by atoms with E-state index in [1.54, 1.807) is 0 Å². The number of rotatable bonds is 4. The van der Waals surface area contributed by atoms with Crippen molar-refractivity contribution in [2.45, 2.75) is 26.3 Å². The van der Waals surface area contributed by atoms with Crippen molar-refractivity contribution in [3.8, 4) is 0 Å². The van der Waals surface area contributed by atoms with Crippen LogP contribution >= 0.6 is 0 Å². The van der Waals surface area contributed by atoms with Crippen LogP contribution in [0.3, 0.4) is 0 Å². The Hall–Kier alpha value is -0.570. The molecule has 0 aromatic rings. The first-order valence-electron chi connectivity index (χ1n) is 2.66. The van der Waals surface area contributed by atoms with Crippen molar-refractivity contribution in [3.63, 3.8) is 0 Å². The topological polar surface area (TPSA) is 38.3 Å². The zero-order valence-corrected chi connectivity index (χ0v) is 5.18. The Kier molecular flexibility index (Phi) is 4.26. The minimum atomic E-state index is 0.250. The van der Waals surface area contributed by atoms with Crippen LogP contribution in [0.5, 0.6) is 0 Å². The molecular formula is C5H11NO2. The Morgan fingerprint density at radius 1 is 1.88 bits per heavy atom. The Balaban J connectivity index is 2.97. The lowest BCUT2D eigenvalue weighted by Gasteiger charge is -2.05. The fourth-order valence-corrected chi connectivity index (χ4v) is 0.227. The van der Waals surface area contributed by atoms with Crippen LogP contribution in [0.1, 0.15) is 20.3 Å². The molecule has 0 spiro atoms. The minimum Gasteiger partial charge on any atom is -0.373 e. The van der Waals surface area contributed by atoms with Gasteiger partial charge in [0.05, 0.1) is 0 Å². The summed E-state index contributed by atoms with van der Waals surface area (Å²) < 4.78 is 0. The molecule has 1 atom stereocenters. The van der Waals surface area contributed by atoms with E-state index < -0.39 is 0 Å². The van der Waals surface area contributed by atoms with E-state index in [-0.39, 0.29) is 6.04 Å². The van der Waals surface area contributed by atoms with Gasteiger partial charge in [0.1, 0.15) is 0 Å². The SMILES string of the molecule is CCC(C)NOC=O. The van der Waals surface area contributed by atoms with Crippen LogP contribution in [-0.4, -0.2) is 12.5 Å². The molecule has 0 aliphatic carbocycles. The molecular weight excluding hydrogens is 106 g/mol. The largest absolute Gasteiger partial charge is 0.373 e. The molecule has 1 unspecified atom stereocenters. The number of carbonyl (C=O) groups is 1. The molecule has 0 bridgehead atoms. The van der Waals surface area contributed by atoms with Gasteiger partial charge in [0, 0.05) is 6.04 Å². The maximum absolute atomic E-state index is 9.54. The van der Waals surface area contributed by atoms with E-state index in [4.69, 9.17) is 0 Å². The van der Waals surface area contributed by atoms with Crippen molar-refractivity contribution >= 4 is 6.47 Å². The average Bonchev–Trinajstić information content (AvgIpc) is 1.83. The Bertz CT molecular complexity index is 65.4. The molecule has 0 aromatic carbocycles. The molecule has 0 saturated heterocycles. The van der Waals surface area contributed by atoms with Crippen LogP contribution in [-0.2, 0) is 9.63 Å². The lowest BCUT2D eigenvalue weighted by molar-refractivity contribution is -0.136. The number of hydrogen-bond acceptors (Lipinski definition) is 3. The molecule has 0 amide bonds. The number of carbonyl (C=O) groups excluding carboxylic acids is 1. The highest BCUT2D eigenvalue weighted by Crippen LogP contribution is 1.84. The second-order valence-corrected chi connectivity index (χ2v) is 1.64. The summed E-state index contributed by atoms with van der Waals surface area (Å²) in [4.78, 5) is 13.8. The van der Waals surface area contributed by atoms with Crippen LogP contribution in [0.15, 0.2) is 0 Å². The van der Waals surface area contributed by atoms with Gasteiger partial charge in [-0.05, 0) is 13.3 Å². The highest BCUT2D eigenvalue weighted by atomic mass is 16.7. The van der Waals surface area contributed by atoms with E-state index in [1.807, 2.05) is 13.8 Å². The van der Waals surface area contributed by atoms with E-state index in [1.165, 1.54) is 0 Å². The van der Waals surface area contributed by atoms with Gasteiger partial charge < -0.3 is 4.84 Å². The van der Waals surface area contributed by atoms with E-state index in [0.29, 0.717) is 6.47 Å². The first-order valence-corrected chi connectivity index (χ1v) is 2.66. The monoisotopic (exact) mass is 117 g/mol. The van der Waals surface area contributed by atoms with E-state index in [2.05, 4.69) is 10.3 Å². The molecule has 0 radical (unpaired) electrons. The second-order valence-electron chi connectivity index (χ2n) is 1.64. The summed E-state index contributed by atoms with van der Waals surface area (Å²) in [7, 11) is 0. The Morgan fingerprint density at radius 3 is 2.88 bits per heavy atom. The summed E-state index contributed by atoms with van der Waals surface area (Å²) in [5.74, 6) is 0. The Labute approximate surface area is 49.0 Å². The average molecular weight is 117 g/mol. The summed E-state index contributed by atoms with van der Waals surface area (Å²) in [6.07, 6.45) is 0.952. The standard InChI is InChI=1S/C5H11NO2/c1-3-5(2)6-8-4-7/h4-6H,3H2,1-2H3. The van der Waals surface area contributed by atoms with Gasteiger partial charge in [-0.15, -0.1) is 0 Å².